The quantitative estimate of drug-likeness (QED) is 0.433. The fraction of sp³-hybridized carbons (Fsp3) is 0.700. The maximum absolute atomic E-state index is 9.75. The first-order valence-electron chi connectivity index (χ1n) is 5.79. The van der Waals surface area contributed by atoms with Crippen molar-refractivity contribution in [3.05, 3.63) is 18.7 Å². The Morgan fingerprint density at radius 1 is 1.12 bits per heavy atom. The molecular weight excluding hydrogens is 235 g/mol. The summed E-state index contributed by atoms with van der Waals surface area (Å²) in [6.45, 7) is 6.73. The number of hydrogen-bond donors (Lipinski definition) is 0. The number of rotatable bonds is 5. The molecule has 0 spiro atoms. The summed E-state index contributed by atoms with van der Waals surface area (Å²) < 4.78 is 43.5. The lowest BCUT2D eigenvalue weighted by atomic mass is 10.3. The second-order valence-corrected chi connectivity index (χ2v) is 3.74. The predicted octanol–water partition coefficient (Wildman–Crippen LogP) is 3.29. The van der Waals surface area contributed by atoms with E-state index in [1.807, 2.05) is 0 Å². The van der Waals surface area contributed by atoms with Crippen LogP contribution in [0.15, 0.2) is 18.7 Å². The third-order valence-corrected chi connectivity index (χ3v) is 2.00. The molecule has 1 aromatic heterocycles. The Labute approximate surface area is 99.4 Å². The zero-order valence-corrected chi connectivity index (χ0v) is 10.3. The molecule has 0 atom stereocenters. The number of imidazole rings is 1. The summed E-state index contributed by atoms with van der Waals surface area (Å²) in [7, 11) is -6.00. The Morgan fingerprint density at radius 3 is 2.18 bits per heavy atom. The van der Waals surface area contributed by atoms with Crippen LogP contribution in [-0.4, -0.2) is 11.8 Å². The van der Waals surface area contributed by atoms with E-state index in [4.69, 9.17) is 0 Å². The van der Waals surface area contributed by atoms with Crippen LogP contribution in [0.2, 0.25) is 0 Å². The molecule has 0 fully saturated rings. The first-order chi connectivity index (χ1) is 7.86. The molecular formula is C10H19BF4N2. The standard InChI is InChI=1S/C10H19N2.BF4/c1-3-5-7-12-9-8-11(10-12)6-4-2;2-1(3,4)5/h8-10H,3-7H2,1-2H3;/q+1;-1. The molecule has 0 radical (unpaired) electrons. The fourth-order valence-electron chi connectivity index (χ4n) is 1.30. The zero-order chi connectivity index (χ0) is 13.3. The maximum atomic E-state index is 9.75. The highest BCUT2D eigenvalue weighted by atomic mass is 19.5. The molecule has 2 nitrogen and oxygen atoms in total. The molecule has 0 bridgehead atoms. The molecule has 0 N–H and O–H groups in total. The summed E-state index contributed by atoms with van der Waals surface area (Å²) >= 11 is 0. The van der Waals surface area contributed by atoms with E-state index in [0.29, 0.717) is 0 Å². The lowest BCUT2D eigenvalue weighted by Crippen LogP contribution is -2.30. The summed E-state index contributed by atoms with van der Waals surface area (Å²) in [5, 5.41) is 0. The summed E-state index contributed by atoms with van der Waals surface area (Å²) in [4.78, 5) is 0. The van der Waals surface area contributed by atoms with Crippen LogP contribution in [-0.2, 0) is 13.1 Å². The summed E-state index contributed by atoms with van der Waals surface area (Å²) in [6, 6.07) is 0. The van der Waals surface area contributed by atoms with Gasteiger partial charge in [-0.05, 0) is 12.8 Å². The van der Waals surface area contributed by atoms with Crippen molar-refractivity contribution in [3.63, 3.8) is 0 Å². The van der Waals surface area contributed by atoms with Gasteiger partial charge in [-0.2, -0.15) is 0 Å². The normalized spacial score (nSPS) is 10.9. The molecule has 0 aromatic carbocycles. The SMILES string of the molecule is CCCCn1cc[n+](CCC)c1.F[B-](F)(F)F. The Morgan fingerprint density at radius 2 is 1.71 bits per heavy atom. The third-order valence-electron chi connectivity index (χ3n) is 2.00. The molecule has 1 heterocycles. The summed E-state index contributed by atoms with van der Waals surface area (Å²) in [5.74, 6) is 0. The number of halogens is 4. The van der Waals surface area contributed by atoms with E-state index >= 15 is 0 Å². The van der Waals surface area contributed by atoms with E-state index in [1.165, 1.54) is 19.3 Å². The number of nitrogens with zero attached hydrogens (tertiary/aromatic N) is 2. The second kappa shape index (κ2) is 8.14. The van der Waals surface area contributed by atoms with E-state index < -0.39 is 7.25 Å². The van der Waals surface area contributed by atoms with E-state index in [0.717, 1.165) is 13.1 Å². The predicted molar refractivity (Wildman–Crippen MR) is 60.0 cm³/mol. The van der Waals surface area contributed by atoms with Gasteiger partial charge in [-0.25, -0.2) is 9.13 Å². The van der Waals surface area contributed by atoms with Crippen molar-refractivity contribution in [1.82, 2.24) is 4.57 Å². The molecule has 0 unspecified atom stereocenters. The van der Waals surface area contributed by atoms with E-state index in [9.17, 15) is 17.3 Å². The number of hydrogen-bond acceptors (Lipinski definition) is 0. The van der Waals surface area contributed by atoms with Gasteiger partial charge in [0.25, 0.3) is 0 Å². The monoisotopic (exact) mass is 254 g/mol. The van der Waals surface area contributed by atoms with Crippen molar-refractivity contribution in [2.75, 3.05) is 0 Å². The molecule has 17 heavy (non-hydrogen) atoms. The van der Waals surface area contributed by atoms with Crippen molar-refractivity contribution in [2.24, 2.45) is 0 Å². The van der Waals surface area contributed by atoms with Crippen molar-refractivity contribution < 1.29 is 21.8 Å². The van der Waals surface area contributed by atoms with E-state index in [-0.39, 0.29) is 0 Å². The molecule has 0 aliphatic carbocycles. The van der Waals surface area contributed by atoms with Crippen molar-refractivity contribution in [3.8, 4) is 0 Å². The minimum Gasteiger partial charge on any atom is -0.418 e. The van der Waals surface area contributed by atoms with Crippen LogP contribution >= 0.6 is 0 Å². The smallest absolute Gasteiger partial charge is 0.418 e. The molecule has 0 aliphatic rings. The minimum atomic E-state index is -6.00. The van der Waals surface area contributed by atoms with Gasteiger partial charge < -0.3 is 17.3 Å². The third kappa shape index (κ3) is 11.3. The highest BCUT2D eigenvalue weighted by molar-refractivity contribution is 6.50. The molecule has 1 rings (SSSR count). The highest BCUT2D eigenvalue weighted by Crippen LogP contribution is 2.06. The second-order valence-electron chi connectivity index (χ2n) is 3.74. The van der Waals surface area contributed by atoms with E-state index in [1.54, 1.807) is 0 Å². The van der Waals surface area contributed by atoms with Gasteiger partial charge in [0.2, 0.25) is 6.33 Å². The van der Waals surface area contributed by atoms with Gasteiger partial charge in [0, 0.05) is 0 Å². The molecule has 0 aliphatic heterocycles. The topological polar surface area (TPSA) is 8.81 Å². The van der Waals surface area contributed by atoms with Gasteiger partial charge in [0.05, 0.1) is 13.1 Å². The first-order valence-corrected chi connectivity index (χ1v) is 5.79. The van der Waals surface area contributed by atoms with Crippen molar-refractivity contribution >= 4 is 7.25 Å². The summed E-state index contributed by atoms with van der Waals surface area (Å²) in [5.41, 5.74) is 0. The molecule has 7 heteroatoms. The van der Waals surface area contributed by atoms with Crippen LogP contribution in [0.4, 0.5) is 17.3 Å². The molecule has 0 saturated carbocycles. The fourth-order valence-corrected chi connectivity index (χ4v) is 1.30. The molecule has 0 saturated heterocycles. The van der Waals surface area contributed by atoms with Crippen LogP contribution in [0.1, 0.15) is 33.1 Å². The number of aromatic nitrogens is 2. The van der Waals surface area contributed by atoms with Gasteiger partial charge in [-0.1, -0.05) is 20.3 Å². The highest BCUT2D eigenvalue weighted by Gasteiger charge is 2.20. The van der Waals surface area contributed by atoms with E-state index in [2.05, 4.69) is 41.7 Å². The largest absolute Gasteiger partial charge is 0.673 e. The van der Waals surface area contributed by atoms with Crippen LogP contribution in [0.3, 0.4) is 0 Å². The molecule has 100 valence electrons. The minimum absolute atomic E-state index is 1.14. The van der Waals surface area contributed by atoms with Gasteiger partial charge in [0.15, 0.2) is 0 Å². The number of aryl methyl sites for hydroxylation is 2. The summed E-state index contributed by atoms with van der Waals surface area (Å²) in [6.07, 6.45) is 10.3. The molecule has 1 aromatic rings. The van der Waals surface area contributed by atoms with Crippen LogP contribution < -0.4 is 4.57 Å². The van der Waals surface area contributed by atoms with Crippen molar-refractivity contribution in [1.29, 1.82) is 0 Å². The van der Waals surface area contributed by atoms with Crippen molar-refractivity contribution in [2.45, 2.75) is 46.2 Å². The van der Waals surface area contributed by atoms with Gasteiger partial charge in [0.1, 0.15) is 12.4 Å². The lowest BCUT2D eigenvalue weighted by molar-refractivity contribution is -0.696. The van der Waals surface area contributed by atoms with Gasteiger partial charge in [-0.15, -0.1) is 0 Å². The van der Waals surface area contributed by atoms with Crippen LogP contribution in [0.5, 0.6) is 0 Å². The Hall–Kier alpha value is -1.01. The Bertz CT molecular complexity index is 293. The lowest BCUT2D eigenvalue weighted by Gasteiger charge is -1.94. The van der Waals surface area contributed by atoms with Gasteiger partial charge >= 0.3 is 7.25 Å². The van der Waals surface area contributed by atoms with Crippen LogP contribution in [0.25, 0.3) is 0 Å². The maximum Gasteiger partial charge on any atom is 0.673 e. The zero-order valence-electron chi connectivity index (χ0n) is 10.3. The van der Waals surface area contributed by atoms with Crippen LogP contribution in [0, 0.1) is 0 Å². The molecule has 0 amide bonds. The Kier molecular flexibility index (Phi) is 7.66. The average Bonchev–Trinajstić information content (AvgIpc) is 2.61. The average molecular weight is 254 g/mol. The Balaban J connectivity index is 0.000000437. The van der Waals surface area contributed by atoms with Gasteiger partial charge in [-0.3, -0.25) is 0 Å². The first kappa shape index (κ1) is 16.0. The number of unbranched alkanes of at least 4 members (excludes halogenated alkanes) is 1.